The summed E-state index contributed by atoms with van der Waals surface area (Å²) >= 11 is 13.3. The Morgan fingerprint density at radius 1 is 1.03 bits per heavy atom. The summed E-state index contributed by atoms with van der Waals surface area (Å²) < 4.78 is 6.85. The quantitative estimate of drug-likeness (QED) is 0.175. The Kier molecular flexibility index (Phi) is 6.85. The fourth-order valence-electron chi connectivity index (χ4n) is 2.92. The molecule has 8 heteroatoms. The molecule has 4 rings (SSSR count). The molecule has 2 aromatic carbocycles. The number of carbonyl (C=O) groups excluding carboxylic acids is 2. The molecule has 0 amide bonds. The Labute approximate surface area is 198 Å². The number of ketones is 1. The molecule has 32 heavy (non-hydrogen) atoms. The highest BCUT2D eigenvalue weighted by molar-refractivity contribution is 7.13. The smallest absolute Gasteiger partial charge is 0.331 e. The van der Waals surface area contributed by atoms with Crippen molar-refractivity contribution in [2.45, 2.75) is 0 Å². The van der Waals surface area contributed by atoms with Crippen molar-refractivity contribution in [3.8, 4) is 16.3 Å². The van der Waals surface area contributed by atoms with E-state index in [-0.39, 0.29) is 10.8 Å². The maximum absolute atomic E-state index is 12.2. The number of halogens is 2. The lowest BCUT2D eigenvalue weighted by atomic mass is 10.1. The Morgan fingerprint density at radius 2 is 1.84 bits per heavy atom. The van der Waals surface area contributed by atoms with Crippen molar-refractivity contribution in [3.63, 3.8) is 0 Å². The molecule has 0 aliphatic heterocycles. The van der Waals surface area contributed by atoms with Crippen LogP contribution in [0, 0.1) is 0 Å². The zero-order valence-corrected chi connectivity index (χ0v) is 18.9. The van der Waals surface area contributed by atoms with Crippen LogP contribution in [0.1, 0.15) is 15.9 Å². The number of Topliss-reactive ketones (excluding diaryl/α,β-unsaturated/α-hetero) is 1. The normalized spacial score (nSPS) is 11.1. The van der Waals surface area contributed by atoms with Crippen molar-refractivity contribution in [1.29, 1.82) is 0 Å². The van der Waals surface area contributed by atoms with Crippen LogP contribution in [0.4, 0.5) is 0 Å². The van der Waals surface area contributed by atoms with Crippen LogP contribution in [0.3, 0.4) is 0 Å². The first-order valence-corrected chi connectivity index (χ1v) is 11.2. The molecule has 4 aromatic rings. The number of carbonyl (C=O) groups is 2. The van der Waals surface area contributed by atoms with Crippen LogP contribution in [0.15, 0.2) is 78.3 Å². The number of hydrogen-bond acceptors (Lipinski definition) is 5. The third-order valence-electron chi connectivity index (χ3n) is 4.50. The summed E-state index contributed by atoms with van der Waals surface area (Å²) in [6, 6.07) is 18.1. The monoisotopic (exact) mass is 482 g/mol. The molecule has 0 radical (unpaired) electrons. The summed E-state index contributed by atoms with van der Waals surface area (Å²) in [5.41, 5.74) is 2.73. The number of thiophene rings is 1. The third kappa shape index (κ3) is 5.16. The summed E-state index contributed by atoms with van der Waals surface area (Å²) in [6.45, 7) is -0.401. The number of para-hydroxylation sites is 1. The highest BCUT2D eigenvalue weighted by atomic mass is 35.5. The van der Waals surface area contributed by atoms with Crippen molar-refractivity contribution >= 4 is 52.4 Å². The molecule has 2 heterocycles. The molecule has 0 bridgehead atoms. The van der Waals surface area contributed by atoms with E-state index in [2.05, 4.69) is 5.10 Å². The topological polar surface area (TPSA) is 61.2 Å². The molecular formula is C24H16Cl2N2O3S. The lowest BCUT2D eigenvalue weighted by Gasteiger charge is -2.03. The number of ether oxygens (including phenoxy) is 1. The molecule has 0 N–H and O–H groups in total. The Hall–Kier alpha value is -3.19. The van der Waals surface area contributed by atoms with Crippen LogP contribution in [0.25, 0.3) is 22.3 Å². The molecule has 0 saturated carbocycles. The van der Waals surface area contributed by atoms with Gasteiger partial charge in [0.2, 0.25) is 0 Å². The number of nitrogens with zero attached hydrogens (tertiary/aromatic N) is 2. The first-order chi connectivity index (χ1) is 15.5. The summed E-state index contributed by atoms with van der Waals surface area (Å²) in [6.07, 6.45) is 4.76. The number of benzene rings is 2. The van der Waals surface area contributed by atoms with Gasteiger partial charge in [-0.1, -0.05) is 47.5 Å². The molecule has 0 spiro atoms. The van der Waals surface area contributed by atoms with Gasteiger partial charge in [-0.15, -0.1) is 11.3 Å². The van der Waals surface area contributed by atoms with Gasteiger partial charge >= 0.3 is 5.97 Å². The number of hydrogen-bond donors (Lipinski definition) is 0. The minimum atomic E-state index is -0.636. The van der Waals surface area contributed by atoms with Crippen LogP contribution < -0.4 is 0 Å². The molecule has 5 nitrogen and oxygen atoms in total. The lowest BCUT2D eigenvalue weighted by Crippen LogP contribution is -2.12. The van der Waals surface area contributed by atoms with Crippen LogP contribution in [-0.2, 0) is 9.53 Å². The van der Waals surface area contributed by atoms with E-state index in [1.807, 2.05) is 54.0 Å². The molecule has 0 aliphatic carbocycles. The SMILES string of the molecule is O=C(C=Cc1cn(-c2ccccc2)nc1-c1cccs1)OCC(=O)c1ccc(Cl)c(Cl)c1. The predicted octanol–water partition coefficient (Wildman–Crippen LogP) is 6.35. The lowest BCUT2D eigenvalue weighted by molar-refractivity contribution is -0.136. The summed E-state index contributed by atoms with van der Waals surface area (Å²) in [4.78, 5) is 25.4. The first kappa shape index (κ1) is 22.0. The van der Waals surface area contributed by atoms with Gasteiger partial charge in [0.25, 0.3) is 0 Å². The molecule has 160 valence electrons. The fourth-order valence-corrected chi connectivity index (χ4v) is 3.95. The maximum atomic E-state index is 12.2. The van der Waals surface area contributed by atoms with Crippen molar-refractivity contribution in [3.05, 3.63) is 99.5 Å². The van der Waals surface area contributed by atoms with Crippen LogP contribution in [0.5, 0.6) is 0 Å². The minimum Gasteiger partial charge on any atom is -0.454 e. The summed E-state index contributed by atoms with van der Waals surface area (Å²) in [7, 11) is 0. The Bertz CT molecular complexity index is 1280. The fraction of sp³-hybridized carbons (Fsp3) is 0.0417. The summed E-state index contributed by atoms with van der Waals surface area (Å²) in [5, 5.41) is 7.25. The van der Waals surface area contributed by atoms with Gasteiger partial charge in [-0.2, -0.15) is 5.10 Å². The molecule has 0 aliphatic rings. The van der Waals surface area contributed by atoms with Crippen molar-refractivity contribution in [2.24, 2.45) is 0 Å². The van der Waals surface area contributed by atoms with Crippen LogP contribution in [0.2, 0.25) is 10.0 Å². The summed E-state index contributed by atoms with van der Waals surface area (Å²) in [5.74, 6) is -1.01. The van der Waals surface area contributed by atoms with Crippen LogP contribution >= 0.6 is 34.5 Å². The molecule has 0 fully saturated rings. The van der Waals surface area contributed by atoms with E-state index < -0.39 is 12.6 Å². The van der Waals surface area contributed by atoms with Gasteiger partial charge in [0.1, 0.15) is 5.69 Å². The molecule has 0 saturated heterocycles. The molecule has 0 atom stereocenters. The van der Waals surface area contributed by atoms with Gasteiger partial charge < -0.3 is 4.74 Å². The van der Waals surface area contributed by atoms with Crippen LogP contribution in [-0.4, -0.2) is 28.1 Å². The molecule has 2 aromatic heterocycles. The zero-order chi connectivity index (χ0) is 22.5. The van der Waals surface area contributed by atoms with Gasteiger partial charge in [0.15, 0.2) is 12.4 Å². The second-order valence-electron chi connectivity index (χ2n) is 6.68. The van der Waals surface area contributed by atoms with E-state index in [0.29, 0.717) is 10.6 Å². The second-order valence-corrected chi connectivity index (χ2v) is 8.45. The molecule has 0 unspecified atom stereocenters. The zero-order valence-electron chi connectivity index (χ0n) is 16.6. The Morgan fingerprint density at radius 3 is 2.56 bits per heavy atom. The van der Waals surface area contributed by atoms with E-state index >= 15 is 0 Å². The largest absolute Gasteiger partial charge is 0.454 e. The van der Waals surface area contributed by atoms with Crippen molar-refractivity contribution in [2.75, 3.05) is 6.61 Å². The average molecular weight is 483 g/mol. The second kappa shape index (κ2) is 9.96. The van der Waals surface area contributed by atoms with Gasteiger partial charge in [0, 0.05) is 23.4 Å². The highest BCUT2D eigenvalue weighted by Gasteiger charge is 2.13. The Balaban J connectivity index is 1.48. The first-order valence-electron chi connectivity index (χ1n) is 9.53. The molecular weight excluding hydrogens is 467 g/mol. The van der Waals surface area contributed by atoms with E-state index in [1.165, 1.54) is 24.3 Å². The predicted molar refractivity (Wildman–Crippen MR) is 128 cm³/mol. The highest BCUT2D eigenvalue weighted by Crippen LogP contribution is 2.28. The van der Waals surface area contributed by atoms with Crippen molar-refractivity contribution < 1.29 is 14.3 Å². The van der Waals surface area contributed by atoms with Gasteiger partial charge in [-0.3, -0.25) is 4.79 Å². The van der Waals surface area contributed by atoms with E-state index in [9.17, 15) is 9.59 Å². The standard InChI is InChI=1S/C24H16Cl2N2O3S/c25-19-10-8-16(13-20(19)26)21(29)15-31-23(30)11-9-17-14-28(18-5-2-1-3-6-18)27-24(17)22-7-4-12-32-22/h1-14H,15H2. The number of aromatic nitrogens is 2. The minimum absolute atomic E-state index is 0.264. The maximum Gasteiger partial charge on any atom is 0.331 e. The third-order valence-corrected chi connectivity index (χ3v) is 6.12. The average Bonchev–Trinajstić information content (AvgIpc) is 3.48. The van der Waals surface area contributed by atoms with Gasteiger partial charge in [0.05, 0.1) is 20.6 Å². The van der Waals surface area contributed by atoms with Gasteiger partial charge in [-0.25, -0.2) is 9.48 Å². The van der Waals surface area contributed by atoms with E-state index in [1.54, 1.807) is 22.1 Å². The van der Waals surface area contributed by atoms with Crippen molar-refractivity contribution in [1.82, 2.24) is 9.78 Å². The number of rotatable bonds is 7. The number of esters is 1. The van der Waals surface area contributed by atoms with E-state index in [0.717, 1.165) is 21.8 Å². The van der Waals surface area contributed by atoms with E-state index in [4.69, 9.17) is 27.9 Å². The van der Waals surface area contributed by atoms with Gasteiger partial charge in [-0.05, 0) is 47.9 Å².